The molecule has 0 aliphatic carbocycles. The molecule has 0 radical (unpaired) electrons. The van der Waals surface area contributed by atoms with Gasteiger partial charge in [0.05, 0.1) is 19.3 Å². The molecule has 5 heteroatoms. The zero-order chi connectivity index (χ0) is 11.8. The van der Waals surface area contributed by atoms with Crippen LogP contribution < -0.4 is 0 Å². The molecule has 2 aromatic heterocycles. The van der Waals surface area contributed by atoms with Gasteiger partial charge in [0.1, 0.15) is 5.65 Å². The van der Waals surface area contributed by atoms with Gasteiger partial charge in [-0.1, -0.05) is 0 Å². The minimum Gasteiger partial charge on any atom is -0.392 e. The van der Waals surface area contributed by atoms with Crippen molar-refractivity contribution in [3.63, 3.8) is 0 Å². The molecule has 0 spiro atoms. The van der Waals surface area contributed by atoms with E-state index in [1.807, 2.05) is 12.3 Å². The highest BCUT2D eigenvalue weighted by Gasteiger charge is 2.21. The molecule has 1 aliphatic heterocycles. The Morgan fingerprint density at radius 3 is 3.18 bits per heavy atom. The molecule has 1 N–H and O–H groups in total. The van der Waals surface area contributed by atoms with Crippen molar-refractivity contribution < 1.29 is 9.84 Å². The Labute approximate surface area is 107 Å². The molecule has 0 bridgehead atoms. The number of rotatable bonds is 2. The van der Waals surface area contributed by atoms with Gasteiger partial charge in [-0.25, -0.2) is 4.98 Å². The standard InChI is InChI=1S/C12H13BrN2O2/c13-9-3-11-8(6-16)5-15(12(11)14-4-9)10-1-2-17-7-10/h3-5,10,16H,1-2,6-7H2. The fourth-order valence-corrected chi connectivity index (χ4v) is 2.65. The molecule has 1 fully saturated rings. The van der Waals surface area contributed by atoms with Crippen molar-refractivity contribution in [2.24, 2.45) is 0 Å². The second-order valence-electron chi connectivity index (χ2n) is 4.26. The van der Waals surface area contributed by atoms with Crippen LogP contribution in [0.4, 0.5) is 0 Å². The van der Waals surface area contributed by atoms with Gasteiger partial charge in [0, 0.05) is 34.4 Å². The second kappa shape index (κ2) is 4.40. The monoisotopic (exact) mass is 296 g/mol. The number of halogens is 1. The van der Waals surface area contributed by atoms with Crippen molar-refractivity contribution in [3.05, 3.63) is 28.5 Å². The van der Waals surface area contributed by atoms with E-state index < -0.39 is 0 Å². The molecule has 1 atom stereocenters. The average molecular weight is 297 g/mol. The fourth-order valence-electron chi connectivity index (χ4n) is 2.32. The van der Waals surface area contributed by atoms with E-state index in [-0.39, 0.29) is 6.61 Å². The molecule has 4 nitrogen and oxygen atoms in total. The van der Waals surface area contributed by atoms with Crippen LogP contribution in [0.25, 0.3) is 11.0 Å². The van der Waals surface area contributed by atoms with E-state index in [0.717, 1.165) is 40.7 Å². The zero-order valence-electron chi connectivity index (χ0n) is 9.27. The van der Waals surface area contributed by atoms with Crippen LogP contribution in [-0.4, -0.2) is 27.9 Å². The summed E-state index contributed by atoms with van der Waals surface area (Å²) >= 11 is 3.41. The summed E-state index contributed by atoms with van der Waals surface area (Å²) in [7, 11) is 0. The van der Waals surface area contributed by atoms with Gasteiger partial charge in [-0.15, -0.1) is 0 Å². The zero-order valence-corrected chi connectivity index (χ0v) is 10.9. The first-order valence-corrected chi connectivity index (χ1v) is 6.42. The lowest BCUT2D eigenvalue weighted by Crippen LogP contribution is -2.07. The summed E-state index contributed by atoms with van der Waals surface area (Å²) in [6.45, 7) is 1.57. The maximum Gasteiger partial charge on any atom is 0.140 e. The Hall–Kier alpha value is -0.910. The quantitative estimate of drug-likeness (QED) is 0.925. The summed E-state index contributed by atoms with van der Waals surface area (Å²) in [5, 5.41) is 10.4. The fraction of sp³-hybridized carbons (Fsp3) is 0.417. The summed E-state index contributed by atoms with van der Waals surface area (Å²) in [6.07, 6.45) is 4.78. The van der Waals surface area contributed by atoms with Crippen molar-refractivity contribution in [2.75, 3.05) is 13.2 Å². The molecule has 3 heterocycles. The van der Waals surface area contributed by atoms with Crippen LogP contribution in [0.3, 0.4) is 0 Å². The predicted molar refractivity (Wildman–Crippen MR) is 67.8 cm³/mol. The number of aliphatic hydroxyl groups excluding tert-OH is 1. The molecular weight excluding hydrogens is 284 g/mol. The number of nitrogens with zero attached hydrogens (tertiary/aromatic N) is 2. The molecule has 1 unspecified atom stereocenters. The van der Waals surface area contributed by atoms with Gasteiger partial charge >= 0.3 is 0 Å². The minimum atomic E-state index is 0.0369. The van der Waals surface area contributed by atoms with Crippen molar-refractivity contribution in [1.29, 1.82) is 0 Å². The highest BCUT2D eigenvalue weighted by Crippen LogP contribution is 2.29. The van der Waals surface area contributed by atoms with Gasteiger partial charge in [0.2, 0.25) is 0 Å². The Kier molecular flexibility index (Phi) is 2.90. The second-order valence-corrected chi connectivity index (χ2v) is 5.18. The van der Waals surface area contributed by atoms with E-state index in [1.54, 1.807) is 6.20 Å². The summed E-state index contributed by atoms with van der Waals surface area (Å²) in [5.74, 6) is 0. The molecular formula is C12H13BrN2O2. The number of hydrogen-bond donors (Lipinski definition) is 1. The molecule has 17 heavy (non-hydrogen) atoms. The lowest BCUT2D eigenvalue weighted by Gasteiger charge is -2.10. The van der Waals surface area contributed by atoms with Crippen LogP contribution in [0.5, 0.6) is 0 Å². The Balaban J connectivity index is 2.17. The molecule has 3 rings (SSSR count). The van der Waals surface area contributed by atoms with Crippen molar-refractivity contribution in [3.8, 4) is 0 Å². The van der Waals surface area contributed by atoms with E-state index >= 15 is 0 Å². The maximum absolute atomic E-state index is 9.39. The van der Waals surface area contributed by atoms with Crippen LogP contribution in [0.2, 0.25) is 0 Å². The van der Waals surface area contributed by atoms with E-state index in [2.05, 4.69) is 25.5 Å². The summed E-state index contributed by atoms with van der Waals surface area (Å²) in [5.41, 5.74) is 1.84. The molecule has 1 aliphatic rings. The van der Waals surface area contributed by atoms with Crippen molar-refractivity contribution >= 4 is 27.0 Å². The first-order chi connectivity index (χ1) is 8.29. The first-order valence-electron chi connectivity index (χ1n) is 5.63. The average Bonchev–Trinajstić information content (AvgIpc) is 2.94. The molecule has 2 aromatic rings. The van der Waals surface area contributed by atoms with Gasteiger partial charge in [0.15, 0.2) is 0 Å². The topological polar surface area (TPSA) is 47.3 Å². The van der Waals surface area contributed by atoms with E-state index in [9.17, 15) is 5.11 Å². The SMILES string of the molecule is OCc1cn(C2CCOC2)c2ncc(Br)cc12. The lowest BCUT2D eigenvalue weighted by atomic mass is 10.2. The molecule has 0 aromatic carbocycles. The normalized spacial score (nSPS) is 20.2. The third kappa shape index (κ3) is 1.88. The first kappa shape index (κ1) is 11.2. The van der Waals surface area contributed by atoms with Crippen LogP contribution in [0, 0.1) is 0 Å². The molecule has 0 amide bonds. The maximum atomic E-state index is 9.39. The molecule has 90 valence electrons. The van der Waals surface area contributed by atoms with E-state index in [0.29, 0.717) is 6.04 Å². The Morgan fingerprint density at radius 2 is 2.47 bits per heavy atom. The Bertz CT molecular complexity index is 547. The summed E-state index contributed by atoms with van der Waals surface area (Å²) in [6, 6.07) is 2.34. The van der Waals surface area contributed by atoms with E-state index in [1.165, 1.54) is 0 Å². The van der Waals surface area contributed by atoms with Gasteiger partial charge < -0.3 is 14.4 Å². The smallest absolute Gasteiger partial charge is 0.140 e. The number of hydrogen-bond acceptors (Lipinski definition) is 3. The van der Waals surface area contributed by atoms with Gasteiger partial charge in [0.25, 0.3) is 0 Å². The van der Waals surface area contributed by atoms with Crippen LogP contribution in [0.15, 0.2) is 22.9 Å². The largest absolute Gasteiger partial charge is 0.392 e. The predicted octanol–water partition coefficient (Wildman–Crippen LogP) is 2.25. The number of aliphatic hydroxyl groups is 1. The number of pyridine rings is 1. The van der Waals surface area contributed by atoms with Crippen molar-refractivity contribution in [1.82, 2.24) is 9.55 Å². The number of fused-ring (bicyclic) bond motifs is 1. The van der Waals surface area contributed by atoms with Crippen molar-refractivity contribution in [2.45, 2.75) is 19.1 Å². The lowest BCUT2D eigenvalue weighted by molar-refractivity contribution is 0.187. The third-order valence-corrected chi connectivity index (χ3v) is 3.62. The molecule has 1 saturated heterocycles. The summed E-state index contributed by atoms with van der Waals surface area (Å²) in [4.78, 5) is 4.44. The summed E-state index contributed by atoms with van der Waals surface area (Å²) < 4.78 is 8.46. The van der Waals surface area contributed by atoms with Crippen LogP contribution >= 0.6 is 15.9 Å². The Morgan fingerprint density at radius 1 is 1.59 bits per heavy atom. The number of aromatic nitrogens is 2. The van der Waals surface area contributed by atoms with Gasteiger partial charge in [-0.2, -0.15) is 0 Å². The van der Waals surface area contributed by atoms with Gasteiger partial charge in [-0.3, -0.25) is 0 Å². The number of ether oxygens (including phenoxy) is 1. The minimum absolute atomic E-state index is 0.0369. The highest BCUT2D eigenvalue weighted by atomic mass is 79.9. The molecule has 0 saturated carbocycles. The van der Waals surface area contributed by atoms with Crippen LogP contribution in [-0.2, 0) is 11.3 Å². The van der Waals surface area contributed by atoms with Crippen LogP contribution in [0.1, 0.15) is 18.0 Å². The van der Waals surface area contributed by atoms with E-state index in [4.69, 9.17) is 4.74 Å². The highest BCUT2D eigenvalue weighted by molar-refractivity contribution is 9.10. The third-order valence-electron chi connectivity index (χ3n) is 3.19. The van der Waals surface area contributed by atoms with Gasteiger partial charge in [-0.05, 0) is 28.4 Å².